The van der Waals surface area contributed by atoms with Crippen molar-refractivity contribution in [2.45, 2.75) is 20.8 Å². The van der Waals surface area contributed by atoms with Gasteiger partial charge in [0.25, 0.3) is 0 Å². The Bertz CT molecular complexity index is 448. The summed E-state index contributed by atoms with van der Waals surface area (Å²) in [6.45, 7) is 6.83. The van der Waals surface area contributed by atoms with Crippen molar-refractivity contribution >= 4 is 42.2 Å². The maximum absolute atomic E-state index is 11.7. The molecular formula is C14H23ClN4OS. The summed E-state index contributed by atoms with van der Waals surface area (Å²) < 4.78 is 0. The van der Waals surface area contributed by atoms with E-state index < -0.39 is 0 Å². The monoisotopic (exact) mass is 330 g/mol. The van der Waals surface area contributed by atoms with E-state index in [2.05, 4.69) is 28.1 Å². The van der Waals surface area contributed by atoms with Crippen LogP contribution in [-0.4, -0.2) is 30.4 Å². The Morgan fingerprint density at radius 1 is 1.33 bits per heavy atom. The van der Waals surface area contributed by atoms with Crippen molar-refractivity contribution in [1.82, 2.24) is 10.7 Å². The zero-order chi connectivity index (χ0) is 14.8. The normalized spacial score (nSPS) is 10.0. The highest BCUT2D eigenvalue weighted by atomic mass is 35.5. The first kappa shape index (κ1) is 19.6. The summed E-state index contributed by atoms with van der Waals surface area (Å²) in [5.74, 6) is 2.10. The molecule has 0 saturated carbocycles. The third kappa shape index (κ3) is 7.82. The van der Waals surface area contributed by atoms with Crippen molar-refractivity contribution < 1.29 is 4.79 Å². The van der Waals surface area contributed by atoms with Crippen molar-refractivity contribution in [2.75, 3.05) is 23.4 Å². The molecule has 5 nitrogen and oxygen atoms in total. The van der Waals surface area contributed by atoms with Gasteiger partial charge in [-0.1, -0.05) is 25.1 Å². The number of benzene rings is 1. The number of aryl methyl sites for hydroxylation is 2. The van der Waals surface area contributed by atoms with Gasteiger partial charge >= 0.3 is 6.03 Å². The van der Waals surface area contributed by atoms with E-state index in [1.54, 1.807) is 0 Å². The topological polar surface area (TPSA) is 65.5 Å². The van der Waals surface area contributed by atoms with E-state index in [1.165, 1.54) is 6.34 Å². The van der Waals surface area contributed by atoms with Crippen LogP contribution in [0.3, 0.4) is 0 Å². The molecule has 0 aliphatic carbocycles. The van der Waals surface area contributed by atoms with Crippen molar-refractivity contribution in [3.05, 3.63) is 29.3 Å². The van der Waals surface area contributed by atoms with E-state index in [0.29, 0.717) is 0 Å². The summed E-state index contributed by atoms with van der Waals surface area (Å²) in [5, 5.41) is 9.29. The van der Waals surface area contributed by atoms with Crippen LogP contribution < -0.4 is 16.1 Å². The Kier molecular flexibility index (Phi) is 10.5. The number of carbonyl (C=O) groups is 1. The second kappa shape index (κ2) is 11.3. The molecule has 1 aromatic rings. The van der Waals surface area contributed by atoms with Gasteiger partial charge in [-0.15, -0.1) is 12.4 Å². The molecule has 0 saturated heterocycles. The van der Waals surface area contributed by atoms with E-state index in [4.69, 9.17) is 0 Å². The number of para-hydroxylation sites is 1. The van der Waals surface area contributed by atoms with Gasteiger partial charge in [0.1, 0.15) is 6.34 Å². The molecule has 0 aliphatic heterocycles. The molecule has 0 bridgehead atoms. The van der Waals surface area contributed by atoms with Crippen LogP contribution in [0, 0.1) is 13.8 Å². The van der Waals surface area contributed by atoms with Crippen LogP contribution in [0.1, 0.15) is 18.1 Å². The van der Waals surface area contributed by atoms with Crippen LogP contribution in [0.2, 0.25) is 0 Å². The Morgan fingerprint density at radius 2 is 2.00 bits per heavy atom. The van der Waals surface area contributed by atoms with E-state index in [1.807, 2.05) is 43.8 Å². The van der Waals surface area contributed by atoms with Gasteiger partial charge in [0.2, 0.25) is 0 Å². The first-order chi connectivity index (χ1) is 9.65. The largest absolute Gasteiger partial charge is 0.324 e. The molecule has 118 valence electrons. The number of anilines is 1. The van der Waals surface area contributed by atoms with Gasteiger partial charge < -0.3 is 10.7 Å². The van der Waals surface area contributed by atoms with Gasteiger partial charge in [-0.2, -0.15) is 16.9 Å². The molecule has 3 N–H and O–H groups in total. The van der Waals surface area contributed by atoms with Crippen molar-refractivity contribution in [2.24, 2.45) is 5.10 Å². The number of nitrogens with zero attached hydrogens (tertiary/aromatic N) is 1. The minimum atomic E-state index is -0.295. The highest BCUT2D eigenvalue weighted by Gasteiger charge is 2.05. The van der Waals surface area contributed by atoms with Crippen LogP contribution in [0.5, 0.6) is 0 Å². The fraction of sp³-hybridized carbons (Fsp3) is 0.429. The number of hydrogen-bond acceptors (Lipinski definition) is 4. The maximum atomic E-state index is 11.7. The summed E-state index contributed by atoms with van der Waals surface area (Å²) in [6, 6.07) is 5.59. The SMILES string of the molecule is CCSCCNN=CNC(=O)Nc1c(C)cccc1C.Cl. The molecule has 0 fully saturated rings. The molecule has 1 rings (SSSR count). The predicted octanol–water partition coefficient (Wildman–Crippen LogP) is 3.13. The van der Waals surface area contributed by atoms with Crippen molar-refractivity contribution in [3.63, 3.8) is 0 Å². The summed E-state index contributed by atoms with van der Waals surface area (Å²) in [6.07, 6.45) is 1.36. The average molecular weight is 331 g/mol. The number of rotatable bonds is 7. The number of halogens is 1. The number of carbonyl (C=O) groups excluding carboxylic acids is 1. The standard InChI is InChI=1S/C14H22N4OS.ClH/c1-4-20-9-8-16-17-10-15-14(19)18-13-11(2)6-5-7-12(13)3;/h5-7,10,16H,4,8-9H2,1-3H3,(H2,15,17,18,19);1H. The molecule has 2 amide bonds. The molecule has 0 aromatic heterocycles. The number of thioether (sulfide) groups is 1. The Hall–Kier alpha value is -1.40. The fourth-order valence-electron chi connectivity index (χ4n) is 1.62. The molecule has 0 heterocycles. The lowest BCUT2D eigenvalue weighted by Crippen LogP contribution is -2.29. The molecule has 0 unspecified atom stereocenters. The molecule has 0 atom stereocenters. The number of urea groups is 1. The average Bonchev–Trinajstić information content (AvgIpc) is 2.42. The third-order valence-electron chi connectivity index (χ3n) is 2.63. The van der Waals surface area contributed by atoms with Crippen LogP contribution in [0.15, 0.2) is 23.3 Å². The lowest BCUT2D eigenvalue weighted by atomic mass is 10.1. The molecular weight excluding hydrogens is 308 g/mol. The van der Waals surface area contributed by atoms with E-state index in [-0.39, 0.29) is 18.4 Å². The van der Waals surface area contributed by atoms with Crippen LogP contribution in [-0.2, 0) is 0 Å². The van der Waals surface area contributed by atoms with Gasteiger partial charge in [-0.3, -0.25) is 5.32 Å². The van der Waals surface area contributed by atoms with E-state index in [0.717, 1.165) is 34.9 Å². The summed E-state index contributed by atoms with van der Waals surface area (Å²) in [7, 11) is 0. The maximum Gasteiger partial charge on any atom is 0.324 e. The van der Waals surface area contributed by atoms with E-state index in [9.17, 15) is 4.79 Å². The molecule has 0 spiro atoms. The zero-order valence-corrected chi connectivity index (χ0v) is 14.2. The second-order valence-electron chi connectivity index (χ2n) is 4.23. The lowest BCUT2D eigenvalue weighted by Gasteiger charge is -2.10. The minimum Gasteiger partial charge on any atom is -0.308 e. The Morgan fingerprint density at radius 3 is 2.62 bits per heavy atom. The molecule has 7 heteroatoms. The van der Waals surface area contributed by atoms with Crippen molar-refractivity contribution in [1.29, 1.82) is 0 Å². The number of nitrogens with one attached hydrogen (secondary N) is 3. The molecule has 21 heavy (non-hydrogen) atoms. The first-order valence-electron chi connectivity index (χ1n) is 6.61. The zero-order valence-electron chi connectivity index (χ0n) is 12.6. The van der Waals surface area contributed by atoms with Crippen molar-refractivity contribution in [3.8, 4) is 0 Å². The first-order valence-corrected chi connectivity index (χ1v) is 7.76. The highest BCUT2D eigenvalue weighted by Crippen LogP contribution is 2.18. The summed E-state index contributed by atoms with van der Waals surface area (Å²) in [5.41, 5.74) is 5.78. The van der Waals surface area contributed by atoms with E-state index >= 15 is 0 Å². The highest BCUT2D eigenvalue weighted by molar-refractivity contribution is 7.99. The lowest BCUT2D eigenvalue weighted by molar-refractivity contribution is 0.256. The predicted molar refractivity (Wildman–Crippen MR) is 94.8 cm³/mol. The quantitative estimate of drug-likeness (QED) is 0.311. The fourth-order valence-corrected chi connectivity index (χ4v) is 2.15. The van der Waals surface area contributed by atoms with Gasteiger partial charge in [-0.25, -0.2) is 4.79 Å². The van der Waals surface area contributed by atoms with Gasteiger partial charge in [-0.05, 0) is 30.7 Å². The number of hydrazone groups is 1. The Balaban J connectivity index is 0.00000400. The van der Waals surface area contributed by atoms with Crippen LogP contribution in [0.4, 0.5) is 10.5 Å². The van der Waals surface area contributed by atoms with Crippen LogP contribution >= 0.6 is 24.2 Å². The minimum absolute atomic E-state index is 0. The molecule has 1 aromatic carbocycles. The summed E-state index contributed by atoms with van der Waals surface area (Å²) >= 11 is 1.84. The van der Waals surface area contributed by atoms with Crippen LogP contribution in [0.25, 0.3) is 0 Å². The smallest absolute Gasteiger partial charge is 0.308 e. The van der Waals surface area contributed by atoms with Gasteiger partial charge in [0.05, 0.1) is 0 Å². The van der Waals surface area contributed by atoms with Gasteiger partial charge in [0.15, 0.2) is 0 Å². The van der Waals surface area contributed by atoms with Gasteiger partial charge in [0, 0.05) is 18.0 Å². The third-order valence-corrected chi connectivity index (χ3v) is 3.53. The molecule has 0 aliphatic rings. The molecule has 0 radical (unpaired) electrons. The number of amides is 2. The Labute approximate surface area is 136 Å². The number of hydrogen-bond donors (Lipinski definition) is 3. The summed E-state index contributed by atoms with van der Waals surface area (Å²) in [4.78, 5) is 11.7. The second-order valence-corrected chi connectivity index (χ2v) is 5.62.